The van der Waals surface area contributed by atoms with E-state index in [4.69, 9.17) is 21.5 Å². The van der Waals surface area contributed by atoms with Crippen molar-refractivity contribution in [1.82, 2.24) is 20.4 Å². The number of ether oxygens (including phenoxy) is 1. The van der Waals surface area contributed by atoms with Crippen LogP contribution < -0.4 is 10.1 Å². The average molecular weight is 495 g/mol. The van der Waals surface area contributed by atoms with E-state index in [1.807, 2.05) is 6.92 Å². The van der Waals surface area contributed by atoms with E-state index in [1.54, 1.807) is 12.1 Å². The van der Waals surface area contributed by atoms with Gasteiger partial charge in [-0.25, -0.2) is 4.39 Å². The predicted molar refractivity (Wildman–Crippen MR) is 139 cm³/mol. The van der Waals surface area contributed by atoms with E-state index in [0.717, 1.165) is 49.1 Å². The van der Waals surface area contributed by atoms with Gasteiger partial charge in [0.15, 0.2) is 16.7 Å². The highest BCUT2D eigenvalue weighted by atomic mass is 32.1. The van der Waals surface area contributed by atoms with Crippen molar-refractivity contribution in [1.29, 1.82) is 0 Å². The van der Waals surface area contributed by atoms with E-state index in [-0.39, 0.29) is 11.8 Å². The molecule has 4 rings (SSSR count). The second-order valence-corrected chi connectivity index (χ2v) is 8.99. The number of nitrogens with one attached hydrogen (secondary N) is 1. The summed E-state index contributed by atoms with van der Waals surface area (Å²) < 4.78 is 25.1. The van der Waals surface area contributed by atoms with Crippen LogP contribution in [-0.2, 0) is 6.42 Å². The summed E-state index contributed by atoms with van der Waals surface area (Å²) in [5, 5.41) is 8.34. The number of aryl methyl sites for hydroxylation is 1. The fraction of sp³-hybridized carbons (Fsp3) is 0.370. The van der Waals surface area contributed by atoms with E-state index in [1.165, 1.54) is 18.7 Å². The van der Waals surface area contributed by atoms with Crippen LogP contribution in [0.1, 0.15) is 63.1 Å². The van der Waals surface area contributed by atoms with Gasteiger partial charge in [-0.05, 0) is 61.3 Å². The zero-order valence-electron chi connectivity index (χ0n) is 20.6. The predicted octanol–water partition coefficient (Wildman–Crippen LogP) is 6.30. The molecule has 8 heteroatoms. The molecule has 2 aromatic carbocycles. The molecular weight excluding hydrogens is 463 g/mol. The molecule has 1 atom stereocenters. The monoisotopic (exact) mass is 494 g/mol. The largest absolute Gasteiger partial charge is 0.494 e. The minimum absolute atomic E-state index is 0.166. The van der Waals surface area contributed by atoms with Gasteiger partial charge in [0.2, 0.25) is 5.82 Å². The van der Waals surface area contributed by atoms with Crippen LogP contribution in [0.2, 0.25) is 0 Å². The van der Waals surface area contributed by atoms with Gasteiger partial charge in [-0.2, -0.15) is 4.98 Å². The second kappa shape index (κ2) is 11.0. The van der Waals surface area contributed by atoms with Crippen molar-refractivity contribution < 1.29 is 13.7 Å². The van der Waals surface area contributed by atoms with Crippen molar-refractivity contribution in [2.45, 2.75) is 52.5 Å². The lowest BCUT2D eigenvalue weighted by atomic mass is 9.93. The molecule has 0 amide bonds. The summed E-state index contributed by atoms with van der Waals surface area (Å²) in [6.07, 6.45) is 4.24. The van der Waals surface area contributed by atoms with Crippen molar-refractivity contribution in [2.24, 2.45) is 0 Å². The second-order valence-electron chi connectivity index (χ2n) is 8.61. The summed E-state index contributed by atoms with van der Waals surface area (Å²) in [4.78, 5) is 6.77. The average Bonchev–Trinajstić information content (AvgIpc) is 3.35. The van der Waals surface area contributed by atoms with Gasteiger partial charge in [-0.3, -0.25) is 0 Å². The number of hydrogen-bond donors (Lipinski definition) is 1. The van der Waals surface area contributed by atoms with Crippen LogP contribution in [0.5, 0.6) is 5.75 Å². The molecule has 1 aromatic heterocycles. The number of aromatic nitrogens is 2. The first-order valence-electron chi connectivity index (χ1n) is 12.0. The van der Waals surface area contributed by atoms with Gasteiger partial charge in [0.1, 0.15) is 0 Å². The smallest absolute Gasteiger partial charge is 0.258 e. The van der Waals surface area contributed by atoms with E-state index < -0.39 is 5.82 Å². The molecule has 0 spiro atoms. The summed E-state index contributed by atoms with van der Waals surface area (Å²) in [6.45, 7) is 7.16. The van der Waals surface area contributed by atoms with Gasteiger partial charge < -0.3 is 19.5 Å². The lowest BCUT2D eigenvalue weighted by Crippen LogP contribution is -2.46. The Kier molecular flexibility index (Phi) is 7.80. The third-order valence-corrected chi connectivity index (χ3v) is 6.71. The molecule has 1 aliphatic rings. The Labute approximate surface area is 211 Å². The van der Waals surface area contributed by atoms with Gasteiger partial charge in [0, 0.05) is 17.8 Å². The highest BCUT2D eigenvalue weighted by Crippen LogP contribution is 2.38. The number of thiocarbonyl (C=S) groups is 1. The van der Waals surface area contributed by atoms with Crippen molar-refractivity contribution in [3.8, 4) is 17.1 Å². The number of halogens is 1. The molecule has 1 N–H and O–H groups in total. The lowest BCUT2D eigenvalue weighted by molar-refractivity contribution is 0.386. The molecule has 0 bridgehead atoms. The molecular formula is C27H31FN4O2S. The molecule has 0 radical (unpaired) electrons. The van der Waals surface area contributed by atoms with Crippen molar-refractivity contribution >= 4 is 22.9 Å². The number of methoxy groups -OCH3 is 1. The van der Waals surface area contributed by atoms with Crippen molar-refractivity contribution in [3.63, 3.8) is 0 Å². The molecule has 35 heavy (non-hydrogen) atoms. The normalized spacial score (nSPS) is 16.0. The van der Waals surface area contributed by atoms with Gasteiger partial charge in [0.25, 0.3) is 5.89 Å². The SMILES string of the molecule is CCCCCN1C(=S)NC(c2ccc(CC)cc2)C(c2nc(-c3ccc(OC)c(F)c3)no2)=C1C. The highest BCUT2D eigenvalue weighted by Gasteiger charge is 2.34. The first-order valence-corrected chi connectivity index (χ1v) is 12.4. The Morgan fingerprint density at radius 2 is 1.91 bits per heavy atom. The van der Waals surface area contributed by atoms with Crippen LogP contribution in [0.3, 0.4) is 0 Å². The first kappa shape index (κ1) is 24.9. The molecule has 1 aliphatic heterocycles. The lowest BCUT2D eigenvalue weighted by Gasteiger charge is -2.37. The fourth-order valence-corrected chi connectivity index (χ4v) is 4.65. The van der Waals surface area contributed by atoms with Crippen LogP contribution in [0.4, 0.5) is 4.39 Å². The molecule has 1 unspecified atom stereocenters. The Hall–Kier alpha value is -3.26. The van der Waals surface area contributed by atoms with Crippen molar-refractivity contribution in [2.75, 3.05) is 13.7 Å². The van der Waals surface area contributed by atoms with Crippen LogP contribution >= 0.6 is 12.2 Å². The highest BCUT2D eigenvalue weighted by molar-refractivity contribution is 7.80. The third-order valence-electron chi connectivity index (χ3n) is 6.37. The van der Waals surface area contributed by atoms with E-state index in [0.29, 0.717) is 22.4 Å². The number of allylic oxidation sites excluding steroid dienone is 1. The maximum Gasteiger partial charge on any atom is 0.258 e. The van der Waals surface area contributed by atoms with Gasteiger partial charge in [-0.15, -0.1) is 0 Å². The molecule has 0 fully saturated rings. The Morgan fingerprint density at radius 1 is 1.14 bits per heavy atom. The van der Waals surface area contributed by atoms with Crippen LogP contribution in [-0.4, -0.2) is 33.8 Å². The topological polar surface area (TPSA) is 63.4 Å². The van der Waals surface area contributed by atoms with E-state index in [9.17, 15) is 4.39 Å². The first-order chi connectivity index (χ1) is 17.0. The standard InChI is InChI=1S/C27H31FN4O2S/c1-5-7-8-15-32-17(3)23(24(29-27(32)35)19-11-9-18(6-2)10-12-19)26-30-25(31-34-26)20-13-14-22(33-4)21(28)16-20/h9-14,16,24H,5-8,15H2,1-4H3,(H,29,35). The Balaban J connectivity index is 1.75. The molecule has 0 aliphatic carbocycles. The maximum atomic E-state index is 14.3. The number of hydrogen-bond acceptors (Lipinski definition) is 5. The fourth-order valence-electron chi connectivity index (χ4n) is 4.30. The number of nitrogens with zero attached hydrogens (tertiary/aromatic N) is 3. The number of rotatable bonds is 9. The summed E-state index contributed by atoms with van der Waals surface area (Å²) in [7, 11) is 1.43. The number of unbranched alkanes of at least 4 members (excludes halogenated alkanes) is 2. The minimum atomic E-state index is -0.479. The van der Waals surface area contributed by atoms with Crippen LogP contribution in [0.15, 0.2) is 52.7 Å². The summed E-state index contributed by atoms with van der Waals surface area (Å²) in [6, 6.07) is 12.8. The summed E-state index contributed by atoms with van der Waals surface area (Å²) in [5.41, 5.74) is 4.68. The van der Waals surface area contributed by atoms with Crippen LogP contribution in [0.25, 0.3) is 17.0 Å². The molecule has 0 saturated carbocycles. The molecule has 184 valence electrons. The molecule has 6 nitrogen and oxygen atoms in total. The Bertz CT molecular complexity index is 1220. The maximum absolute atomic E-state index is 14.3. The van der Waals surface area contributed by atoms with Gasteiger partial charge in [-0.1, -0.05) is 56.1 Å². The Morgan fingerprint density at radius 3 is 2.57 bits per heavy atom. The summed E-state index contributed by atoms with van der Waals surface area (Å²) in [5.74, 6) is 0.383. The third kappa shape index (κ3) is 5.22. The molecule has 2 heterocycles. The zero-order valence-corrected chi connectivity index (χ0v) is 21.4. The summed E-state index contributed by atoms with van der Waals surface area (Å²) >= 11 is 5.76. The van der Waals surface area contributed by atoms with Gasteiger partial charge >= 0.3 is 0 Å². The molecule has 0 saturated heterocycles. The zero-order chi connectivity index (χ0) is 24.9. The van der Waals surface area contributed by atoms with E-state index in [2.05, 4.69) is 58.5 Å². The minimum Gasteiger partial charge on any atom is -0.494 e. The van der Waals surface area contributed by atoms with Gasteiger partial charge in [0.05, 0.1) is 18.7 Å². The number of benzene rings is 2. The molecule has 3 aromatic rings. The van der Waals surface area contributed by atoms with E-state index >= 15 is 0 Å². The quantitative estimate of drug-likeness (QED) is 0.277. The van der Waals surface area contributed by atoms with Crippen molar-refractivity contribution in [3.05, 3.63) is 71.0 Å². The van der Waals surface area contributed by atoms with Crippen LogP contribution in [0, 0.1) is 5.82 Å².